The molecule has 0 saturated heterocycles. The Hall–Kier alpha value is 0.322. The first-order valence-corrected chi connectivity index (χ1v) is 4.00. The second-order valence-electron chi connectivity index (χ2n) is 0.816. The summed E-state index contributed by atoms with van der Waals surface area (Å²) in [5.41, 5.74) is 0. The maximum Gasteiger partial charge on any atom is 2.00 e. The van der Waals surface area contributed by atoms with Gasteiger partial charge in [0, 0.05) is 20.8 Å². The van der Waals surface area contributed by atoms with E-state index in [9.17, 15) is 0 Å². The van der Waals surface area contributed by atoms with E-state index in [4.69, 9.17) is 35.0 Å². The first kappa shape index (κ1) is 29.2. The van der Waals surface area contributed by atoms with Crippen molar-refractivity contribution in [1.82, 2.24) is 12.3 Å². The van der Waals surface area contributed by atoms with Gasteiger partial charge in [0.2, 0.25) is 0 Å². The van der Waals surface area contributed by atoms with Gasteiger partial charge in [0.15, 0.2) is 0 Å². The van der Waals surface area contributed by atoms with Gasteiger partial charge in [-0.1, -0.05) is 0 Å². The Balaban J connectivity index is -0.0000000267. The van der Waals surface area contributed by atoms with E-state index in [1.807, 2.05) is 0 Å². The molecule has 0 fully saturated rings. The number of rotatable bonds is 0. The SMILES string of the molecule is O=S(=O)([O-])[O-].O=S(=O)([O-])[O-].[NH4+].[NH4+].[Pd+2]. The fourth-order valence-electron chi connectivity index (χ4n) is 0. The van der Waals surface area contributed by atoms with Crippen LogP contribution in [0.5, 0.6) is 0 Å². The molecule has 0 aromatic carbocycles. The van der Waals surface area contributed by atoms with Crippen LogP contribution in [0.15, 0.2) is 0 Å². The molecule has 0 aliphatic rings. The first-order valence-electron chi connectivity index (χ1n) is 1.33. The molecule has 0 heterocycles. The molecule has 0 spiro atoms. The minimum atomic E-state index is -5.17. The van der Waals surface area contributed by atoms with E-state index in [-0.39, 0.29) is 32.7 Å². The Morgan fingerprint density at radius 1 is 0.615 bits per heavy atom. The molecule has 0 rings (SSSR count). The third kappa shape index (κ3) is 12600. The number of hydrogen-bond donors (Lipinski definition) is 2. The molecule has 0 unspecified atom stereocenters. The zero-order valence-corrected chi connectivity index (χ0v) is 9.59. The number of quaternary nitrogens is 2. The van der Waals surface area contributed by atoms with Gasteiger partial charge in [0.05, 0.1) is 0 Å². The molecular formula is H8N2O8PdS2. The van der Waals surface area contributed by atoms with Gasteiger partial charge < -0.3 is 30.5 Å². The molecule has 0 aliphatic carbocycles. The first-order chi connectivity index (χ1) is 4.00. The van der Waals surface area contributed by atoms with Gasteiger partial charge in [-0.05, 0) is 0 Å². The summed E-state index contributed by atoms with van der Waals surface area (Å²) in [5.74, 6) is 0. The standard InChI is InChI=1S/2H3N.2H2O4S.Pd/c;;2*1-5(2,3)4;/h2*1H3;2*(H2,1,2,3,4);/q;;;;+2/p-2. The smallest absolute Gasteiger partial charge is 0.759 e. The van der Waals surface area contributed by atoms with Crippen molar-refractivity contribution in [3.8, 4) is 0 Å². The average molecular weight is 335 g/mol. The fourth-order valence-corrected chi connectivity index (χ4v) is 0. The van der Waals surface area contributed by atoms with Crippen LogP contribution in [0.25, 0.3) is 0 Å². The molecule has 8 N–H and O–H groups in total. The second kappa shape index (κ2) is 10.4. The van der Waals surface area contributed by atoms with Crippen LogP contribution in [-0.2, 0) is 41.2 Å². The third-order valence-corrected chi connectivity index (χ3v) is 0. The molecule has 0 aromatic rings. The topological polar surface area (TPSA) is 234 Å². The molecule has 0 amide bonds. The van der Waals surface area contributed by atoms with Crippen LogP contribution in [0.2, 0.25) is 0 Å². The molecule has 0 aliphatic heterocycles. The van der Waals surface area contributed by atoms with Crippen LogP contribution >= 0.6 is 0 Å². The van der Waals surface area contributed by atoms with Gasteiger partial charge in [-0.2, -0.15) is 0 Å². The summed E-state index contributed by atoms with van der Waals surface area (Å²) in [7, 11) is -10.3. The summed E-state index contributed by atoms with van der Waals surface area (Å²) in [6.45, 7) is 0. The molecule has 0 aromatic heterocycles. The minimum Gasteiger partial charge on any atom is -0.759 e. The Morgan fingerprint density at radius 3 is 0.615 bits per heavy atom. The molecule has 13 heavy (non-hydrogen) atoms. The Morgan fingerprint density at radius 2 is 0.615 bits per heavy atom. The van der Waals surface area contributed by atoms with E-state index in [0.29, 0.717) is 0 Å². The third-order valence-electron chi connectivity index (χ3n) is 0. The van der Waals surface area contributed by atoms with Crippen LogP contribution < -0.4 is 12.3 Å². The number of hydrogen-bond acceptors (Lipinski definition) is 8. The zero-order valence-electron chi connectivity index (χ0n) is 6.40. The van der Waals surface area contributed by atoms with Crippen molar-refractivity contribution in [1.29, 1.82) is 0 Å². The molecule has 0 radical (unpaired) electrons. The van der Waals surface area contributed by atoms with Crippen LogP contribution in [0.3, 0.4) is 0 Å². The van der Waals surface area contributed by atoms with Gasteiger partial charge in [0.1, 0.15) is 0 Å². The maximum absolute atomic E-state index is 8.52. The van der Waals surface area contributed by atoms with E-state index in [1.165, 1.54) is 0 Å². The molecule has 0 atom stereocenters. The van der Waals surface area contributed by atoms with E-state index >= 15 is 0 Å². The van der Waals surface area contributed by atoms with Crippen LogP contribution in [0, 0.1) is 0 Å². The summed E-state index contributed by atoms with van der Waals surface area (Å²) in [6.07, 6.45) is 0. The molecular weight excluding hydrogens is 327 g/mol. The van der Waals surface area contributed by atoms with Crippen molar-refractivity contribution in [3.05, 3.63) is 0 Å². The van der Waals surface area contributed by atoms with Crippen molar-refractivity contribution < 1.29 is 55.5 Å². The molecule has 0 saturated carbocycles. The van der Waals surface area contributed by atoms with Gasteiger partial charge >= 0.3 is 20.4 Å². The van der Waals surface area contributed by atoms with E-state index in [0.717, 1.165) is 0 Å². The van der Waals surface area contributed by atoms with Gasteiger partial charge in [-0.15, -0.1) is 0 Å². The van der Waals surface area contributed by atoms with Gasteiger partial charge in [-0.25, -0.2) is 0 Å². The van der Waals surface area contributed by atoms with Crippen molar-refractivity contribution in [2.75, 3.05) is 0 Å². The van der Waals surface area contributed by atoms with Gasteiger partial charge in [0.25, 0.3) is 0 Å². The maximum atomic E-state index is 8.52. The summed E-state index contributed by atoms with van der Waals surface area (Å²) in [4.78, 5) is 0. The largest absolute Gasteiger partial charge is 2.00 e. The van der Waals surface area contributed by atoms with Crippen molar-refractivity contribution in [3.63, 3.8) is 0 Å². The van der Waals surface area contributed by atoms with Crippen molar-refractivity contribution in [2.24, 2.45) is 0 Å². The Kier molecular flexibility index (Phi) is 23.4. The van der Waals surface area contributed by atoms with Crippen LogP contribution in [-0.4, -0.2) is 35.0 Å². The predicted octanol–water partition coefficient (Wildman–Crippen LogP) is -1.93. The monoisotopic (exact) mass is 334 g/mol. The van der Waals surface area contributed by atoms with E-state index in [1.54, 1.807) is 0 Å². The van der Waals surface area contributed by atoms with E-state index < -0.39 is 20.8 Å². The predicted molar refractivity (Wildman–Crippen MR) is 32.9 cm³/mol. The summed E-state index contributed by atoms with van der Waals surface area (Å²) in [5, 5.41) is 0. The van der Waals surface area contributed by atoms with Crippen LogP contribution in [0.1, 0.15) is 0 Å². The molecule has 0 bridgehead atoms. The molecule has 88 valence electrons. The van der Waals surface area contributed by atoms with Crippen molar-refractivity contribution in [2.45, 2.75) is 0 Å². The van der Waals surface area contributed by atoms with Crippen LogP contribution in [0.4, 0.5) is 0 Å². The zero-order chi connectivity index (χ0) is 9.00. The van der Waals surface area contributed by atoms with Crippen molar-refractivity contribution >= 4 is 20.8 Å². The second-order valence-corrected chi connectivity index (χ2v) is 2.45. The minimum absolute atomic E-state index is 0. The average Bonchev–Trinajstić information content (AvgIpc) is 1.12. The van der Waals surface area contributed by atoms with Gasteiger partial charge in [-0.3, -0.25) is 16.8 Å². The Bertz CT molecular complexity index is 217. The Labute approximate surface area is 88.7 Å². The summed E-state index contributed by atoms with van der Waals surface area (Å²) in [6, 6.07) is 0. The molecule has 13 heteroatoms. The summed E-state index contributed by atoms with van der Waals surface area (Å²) < 4.78 is 68.2. The summed E-state index contributed by atoms with van der Waals surface area (Å²) >= 11 is 0. The molecule has 10 nitrogen and oxygen atoms in total. The fraction of sp³-hybridized carbons (Fsp3) is 0. The quantitative estimate of drug-likeness (QED) is 0.286. The normalized spacial score (nSPS) is 8.92. The van der Waals surface area contributed by atoms with E-state index in [2.05, 4.69) is 0 Å².